The van der Waals surface area contributed by atoms with Crippen LogP contribution in [-0.2, 0) is 13.0 Å². The first-order valence-electron chi connectivity index (χ1n) is 7.37. The summed E-state index contributed by atoms with van der Waals surface area (Å²) >= 11 is 0. The summed E-state index contributed by atoms with van der Waals surface area (Å²) in [6.07, 6.45) is 3.60. The number of benzene rings is 1. The van der Waals surface area contributed by atoms with Crippen LogP contribution in [0.5, 0.6) is 0 Å². The molecule has 23 heavy (non-hydrogen) atoms. The maximum absolute atomic E-state index is 13.5. The van der Waals surface area contributed by atoms with Crippen LogP contribution in [0.1, 0.15) is 17.7 Å². The minimum absolute atomic E-state index is 0. The summed E-state index contributed by atoms with van der Waals surface area (Å²) in [6.45, 7) is 1.12. The highest BCUT2D eigenvalue weighted by molar-refractivity contribution is 14.0. The highest BCUT2D eigenvalue weighted by Crippen LogP contribution is 2.02. The quantitative estimate of drug-likeness (QED) is 0.322. The van der Waals surface area contributed by atoms with Crippen LogP contribution in [0.3, 0.4) is 0 Å². The number of pyridine rings is 1. The Bertz CT molecular complexity index is 605. The Morgan fingerprint density at radius 3 is 2.61 bits per heavy atom. The maximum Gasteiger partial charge on any atom is 0.191 e. The summed E-state index contributed by atoms with van der Waals surface area (Å²) < 4.78 is 13.5. The van der Waals surface area contributed by atoms with E-state index in [0.29, 0.717) is 18.2 Å². The van der Waals surface area contributed by atoms with Gasteiger partial charge in [-0.05, 0) is 30.5 Å². The summed E-state index contributed by atoms with van der Waals surface area (Å²) in [5.74, 6) is 0.340. The smallest absolute Gasteiger partial charge is 0.191 e. The Balaban J connectivity index is 0.00000264. The van der Waals surface area contributed by atoms with E-state index >= 15 is 0 Å². The normalized spacial score (nSPS) is 10.8. The zero-order valence-corrected chi connectivity index (χ0v) is 15.5. The van der Waals surface area contributed by atoms with Crippen molar-refractivity contribution in [3.05, 3.63) is 65.7 Å². The lowest BCUT2D eigenvalue weighted by Gasteiger charge is -2.11. The number of hydrogen-bond donors (Lipinski definition) is 2. The maximum atomic E-state index is 13.5. The number of halogens is 2. The van der Waals surface area contributed by atoms with Gasteiger partial charge in [0.25, 0.3) is 0 Å². The van der Waals surface area contributed by atoms with Crippen LogP contribution in [0, 0.1) is 5.82 Å². The molecule has 6 heteroatoms. The lowest BCUT2D eigenvalue weighted by Crippen LogP contribution is -2.37. The van der Waals surface area contributed by atoms with E-state index in [1.165, 1.54) is 11.6 Å². The van der Waals surface area contributed by atoms with Crippen molar-refractivity contribution in [1.82, 2.24) is 15.6 Å². The van der Waals surface area contributed by atoms with Gasteiger partial charge in [0.05, 0.1) is 12.2 Å². The Labute approximate surface area is 153 Å². The molecule has 0 aliphatic carbocycles. The zero-order chi connectivity index (χ0) is 15.6. The van der Waals surface area contributed by atoms with Crippen LogP contribution >= 0.6 is 24.0 Å². The van der Waals surface area contributed by atoms with Crippen molar-refractivity contribution in [3.8, 4) is 0 Å². The molecule has 0 bridgehead atoms. The number of guanidine groups is 1. The van der Waals surface area contributed by atoms with Crippen molar-refractivity contribution >= 4 is 29.9 Å². The van der Waals surface area contributed by atoms with Crippen molar-refractivity contribution < 1.29 is 4.39 Å². The van der Waals surface area contributed by atoms with Crippen molar-refractivity contribution in [2.24, 2.45) is 4.99 Å². The van der Waals surface area contributed by atoms with Crippen LogP contribution in [0.15, 0.2) is 53.7 Å². The molecule has 1 heterocycles. The lowest BCUT2D eigenvalue weighted by atomic mass is 10.1. The van der Waals surface area contributed by atoms with Gasteiger partial charge in [-0.25, -0.2) is 4.39 Å². The van der Waals surface area contributed by atoms with Gasteiger partial charge in [0.1, 0.15) is 5.82 Å². The van der Waals surface area contributed by atoms with Crippen LogP contribution < -0.4 is 10.6 Å². The van der Waals surface area contributed by atoms with E-state index in [1.807, 2.05) is 18.2 Å². The van der Waals surface area contributed by atoms with Gasteiger partial charge in [0.15, 0.2) is 5.96 Å². The van der Waals surface area contributed by atoms with Crippen molar-refractivity contribution in [3.63, 3.8) is 0 Å². The fourth-order valence-corrected chi connectivity index (χ4v) is 2.08. The third kappa shape index (κ3) is 6.94. The Hall–Kier alpha value is -1.70. The molecule has 0 radical (unpaired) electrons. The standard InChI is InChI=1S/C17H21FN4.HI/c1-19-17(22-13-16-15(18)10-6-11-20-16)21-12-5-9-14-7-3-2-4-8-14;/h2-4,6-8,10-11H,5,9,12-13H2,1H3,(H2,19,21,22);1H. The van der Waals surface area contributed by atoms with Gasteiger partial charge in [-0.3, -0.25) is 9.98 Å². The molecule has 0 unspecified atom stereocenters. The number of nitrogens with one attached hydrogen (secondary N) is 2. The van der Waals surface area contributed by atoms with E-state index in [4.69, 9.17) is 0 Å². The van der Waals surface area contributed by atoms with Gasteiger partial charge < -0.3 is 10.6 Å². The largest absolute Gasteiger partial charge is 0.356 e. The second-order valence-electron chi connectivity index (χ2n) is 4.87. The first-order valence-corrected chi connectivity index (χ1v) is 7.37. The fourth-order valence-electron chi connectivity index (χ4n) is 2.08. The molecule has 0 spiro atoms. The molecule has 0 aliphatic rings. The highest BCUT2D eigenvalue weighted by atomic mass is 127. The Kier molecular flexibility index (Phi) is 9.20. The third-order valence-electron chi connectivity index (χ3n) is 3.26. The lowest BCUT2D eigenvalue weighted by molar-refractivity contribution is 0.592. The molecule has 4 nitrogen and oxygen atoms in total. The molecule has 0 saturated heterocycles. The van der Waals surface area contributed by atoms with Crippen LogP contribution in [0.2, 0.25) is 0 Å². The second kappa shape index (κ2) is 10.9. The molecular weight excluding hydrogens is 406 g/mol. The number of rotatable bonds is 6. The molecule has 0 saturated carbocycles. The Morgan fingerprint density at radius 1 is 1.13 bits per heavy atom. The first kappa shape index (κ1) is 19.3. The van der Waals surface area contributed by atoms with Crippen LogP contribution in [0.4, 0.5) is 4.39 Å². The first-order chi connectivity index (χ1) is 10.8. The molecule has 2 rings (SSSR count). The number of hydrogen-bond acceptors (Lipinski definition) is 2. The number of aromatic nitrogens is 1. The summed E-state index contributed by atoms with van der Waals surface area (Å²) in [5, 5.41) is 6.28. The van der Waals surface area contributed by atoms with Crippen molar-refractivity contribution in [2.45, 2.75) is 19.4 Å². The van der Waals surface area contributed by atoms with Crippen molar-refractivity contribution in [2.75, 3.05) is 13.6 Å². The molecule has 2 aromatic rings. The fraction of sp³-hybridized carbons (Fsp3) is 0.294. The van der Waals surface area contributed by atoms with Gasteiger partial charge in [0.2, 0.25) is 0 Å². The summed E-state index contributed by atoms with van der Waals surface area (Å²) in [5.41, 5.74) is 1.71. The van der Waals surface area contributed by atoms with Crippen LogP contribution in [0.25, 0.3) is 0 Å². The van der Waals surface area contributed by atoms with Crippen LogP contribution in [-0.4, -0.2) is 24.5 Å². The molecule has 0 aliphatic heterocycles. The van der Waals surface area contributed by atoms with E-state index in [0.717, 1.165) is 19.4 Å². The topological polar surface area (TPSA) is 49.3 Å². The van der Waals surface area contributed by atoms with Gasteiger partial charge >= 0.3 is 0 Å². The molecule has 1 aromatic carbocycles. The molecule has 2 N–H and O–H groups in total. The van der Waals surface area contributed by atoms with Gasteiger partial charge in [-0.1, -0.05) is 30.3 Å². The minimum atomic E-state index is -0.311. The highest BCUT2D eigenvalue weighted by Gasteiger charge is 2.03. The average molecular weight is 428 g/mol. The number of aliphatic imine (C=N–C) groups is 1. The zero-order valence-electron chi connectivity index (χ0n) is 13.1. The molecule has 0 atom stereocenters. The van der Waals surface area contributed by atoms with E-state index in [2.05, 4.69) is 32.7 Å². The van der Waals surface area contributed by atoms with E-state index < -0.39 is 0 Å². The third-order valence-corrected chi connectivity index (χ3v) is 3.26. The molecule has 0 fully saturated rings. The SMILES string of the molecule is CN=C(NCCCc1ccccc1)NCc1ncccc1F.I. The molecular formula is C17H22FIN4. The summed E-state index contributed by atoms with van der Waals surface area (Å²) in [4.78, 5) is 8.12. The molecule has 0 amide bonds. The van der Waals surface area contributed by atoms with E-state index in [1.54, 1.807) is 19.3 Å². The summed E-state index contributed by atoms with van der Waals surface area (Å²) in [7, 11) is 1.70. The number of aryl methyl sites for hydroxylation is 1. The molecule has 1 aromatic heterocycles. The minimum Gasteiger partial charge on any atom is -0.356 e. The predicted molar refractivity (Wildman–Crippen MR) is 103 cm³/mol. The van der Waals surface area contributed by atoms with E-state index in [-0.39, 0.29) is 29.8 Å². The second-order valence-corrected chi connectivity index (χ2v) is 4.87. The molecule has 124 valence electrons. The number of nitrogens with zero attached hydrogens (tertiary/aromatic N) is 2. The predicted octanol–water partition coefficient (Wildman–Crippen LogP) is 3.14. The van der Waals surface area contributed by atoms with Crippen molar-refractivity contribution in [1.29, 1.82) is 0 Å². The Morgan fingerprint density at radius 2 is 1.91 bits per heavy atom. The van der Waals surface area contributed by atoms with Gasteiger partial charge in [-0.2, -0.15) is 0 Å². The van der Waals surface area contributed by atoms with E-state index in [9.17, 15) is 4.39 Å². The average Bonchev–Trinajstić information content (AvgIpc) is 2.56. The monoisotopic (exact) mass is 428 g/mol. The summed E-state index contributed by atoms with van der Waals surface area (Å²) in [6, 6.07) is 13.3. The van der Waals surface area contributed by atoms with Gasteiger partial charge in [-0.15, -0.1) is 24.0 Å². The van der Waals surface area contributed by atoms with Gasteiger partial charge in [0, 0.05) is 19.8 Å².